The van der Waals surface area contributed by atoms with Crippen LogP contribution in [0.4, 0.5) is 0 Å². The van der Waals surface area contributed by atoms with Crippen molar-refractivity contribution in [3.8, 4) is 0 Å². The van der Waals surface area contributed by atoms with Crippen LogP contribution in [0.3, 0.4) is 0 Å². The number of hydrogen-bond acceptors (Lipinski definition) is 6. The number of hydrogen-bond donors (Lipinski definition) is 4. The summed E-state index contributed by atoms with van der Waals surface area (Å²) in [7, 11) is 0. The van der Waals surface area contributed by atoms with Gasteiger partial charge in [-0.05, 0) is 44.9 Å². The molecule has 0 aromatic rings. The third kappa shape index (κ3) is 4.81. The molecule has 7 atom stereocenters. The fourth-order valence-electron chi connectivity index (χ4n) is 5.30. The molecule has 6 nitrogen and oxygen atoms in total. The Morgan fingerprint density at radius 2 is 1.93 bits per heavy atom. The van der Waals surface area contributed by atoms with Crippen molar-refractivity contribution in [2.75, 3.05) is 6.67 Å². The standard InChI is InChI=1S/C20H37N5OS/c1-13-6-5-7-15(10-13)19(26)24-16-8-3-4-9-17(16)27-18-11-14(2)23-20-21-12-22-25(18)20/h13-18,20-23H,3-12H2,1-2H3,(H,24,26). The van der Waals surface area contributed by atoms with Crippen molar-refractivity contribution in [2.45, 2.75) is 101 Å². The summed E-state index contributed by atoms with van der Waals surface area (Å²) in [5.74, 6) is 1.28. The van der Waals surface area contributed by atoms with Crippen molar-refractivity contribution >= 4 is 17.7 Å². The lowest BCUT2D eigenvalue weighted by molar-refractivity contribution is -0.127. The zero-order valence-corrected chi connectivity index (χ0v) is 17.7. The highest BCUT2D eigenvalue weighted by Crippen LogP contribution is 2.37. The summed E-state index contributed by atoms with van der Waals surface area (Å²) >= 11 is 2.09. The molecule has 4 aliphatic rings. The van der Waals surface area contributed by atoms with Gasteiger partial charge in [0.15, 0.2) is 0 Å². The third-order valence-electron chi connectivity index (χ3n) is 6.81. The van der Waals surface area contributed by atoms with Gasteiger partial charge in [0.1, 0.15) is 6.29 Å². The van der Waals surface area contributed by atoms with E-state index in [1.165, 1.54) is 32.1 Å². The minimum Gasteiger partial charge on any atom is -0.352 e. The number of fused-ring (bicyclic) bond motifs is 1. The van der Waals surface area contributed by atoms with Crippen LogP contribution >= 0.6 is 11.8 Å². The Bertz CT molecular complexity index is 521. The first-order chi connectivity index (χ1) is 13.1. The number of amides is 1. The maximum Gasteiger partial charge on any atom is 0.223 e. The SMILES string of the molecule is CC1CCCC(C(=O)NC2CCCCC2SC2CC(C)NC3NCNN32)C1. The van der Waals surface area contributed by atoms with Crippen LogP contribution in [-0.4, -0.2) is 46.6 Å². The largest absolute Gasteiger partial charge is 0.352 e. The van der Waals surface area contributed by atoms with E-state index in [1.807, 2.05) is 0 Å². The lowest BCUT2D eigenvalue weighted by atomic mass is 9.81. The van der Waals surface area contributed by atoms with Gasteiger partial charge < -0.3 is 5.32 Å². The van der Waals surface area contributed by atoms with E-state index < -0.39 is 0 Å². The van der Waals surface area contributed by atoms with Crippen LogP contribution in [0.1, 0.15) is 71.6 Å². The Kier molecular flexibility index (Phi) is 6.64. The molecule has 2 saturated heterocycles. The quantitative estimate of drug-likeness (QED) is 0.586. The van der Waals surface area contributed by atoms with Crippen molar-refractivity contribution < 1.29 is 4.79 Å². The first kappa shape index (κ1) is 20.0. The fraction of sp³-hybridized carbons (Fsp3) is 0.950. The van der Waals surface area contributed by atoms with Crippen molar-refractivity contribution in [2.24, 2.45) is 11.8 Å². The second-order valence-corrected chi connectivity index (χ2v) is 10.6. The maximum absolute atomic E-state index is 12.9. The molecular formula is C20H37N5OS. The van der Waals surface area contributed by atoms with Crippen LogP contribution < -0.4 is 21.4 Å². The molecule has 27 heavy (non-hydrogen) atoms. The Labute approximate surface area is 168 Å². The summed E-state index contributed by atoms with van der Waals surface area (Å²) < 4.78 is 0. The summed E-state index contributed by atoms with van der Waals surface area (Å²) in [6.07, 6.45) is 10.9. The summed E-state index contributed by atoms with van der Waals surface area (Å²) in [5.41, 5.74) is 3.48. The normalized spacial score (nSPS) is 43.3. The molecule has 1 amide bonds. The highest BCUT2D eigenvalue weighted by Gasteiger charge is 2.40. The van der Waals surface area contributed by atoms with Gasteiger partial charge in [-0.15, -0.1) is 11.8 Å². The molecule has 4 N–H and O–H groups in total. The molecule has 0 spiro atoms. The molecule has 0 bridgehead atoms. The van der Waals surface area contributed by atoms with Gasteiger partial charge in [0.2, 0.25) is 5.91 Å². The van der Waals surface area contributed by atoms with E-state index in [0.29, 0.717) is 34.5 Å². The summed E-state index contributed by atoms with van der Waals surface area (Å²) in [6, 6.07) is 0.851. The van der Waals surface area contributed by atoms with Gasteiger partial charge in [-0.1, -0.05) is 32.6 Å². The first-order valence-electron chi connectivity index (χ1n) is 11.1. The molecule has 7 unspecified atom stereocenters. The van der Waals surface area contributed by atoms with Crippen molar-refractivity contribution in [1.82, 2.24) is 26.4 Å². The Hall–Kier alpha value is -0.340. The van der Waals surface area contributed by atoms with Gasteiger partial charge in [-0.2, -0.15) is 5.01 Å². The molecule has 0 aromatic heterocycles. The van der Waals surface area contributed by atoms with Gasteiger partial charge in [0, 0.05) is 23.3 Å². The average molecular weight is 396 g/mol. The molecule has 4 rings (SSSR count). The number of rotatable bonds is 4. The zero-order chi connectivity index (χ0) is 18.8. The van der Waals surface area contributed by atoms with E-state index in [9.17, 15) is 4.79 Å². The van der Waals surface area contributed by atoms with E-state index in [2.05, 4.69) is 52.0 Å². The van der Waals surface area contributed by atoms with E-state index in [4.69, 9.17) is 0 Å². The molecule has 2 aliphatic carbocycles. The smallest absolute Gasteiger partial charge is 0.223 e. The average Bonchev–Trinajstić information content (AvgIpc) is 3.12. The van der Waals surface area contributed by atoms with E-state index in [0.717, 1.165) is 32.4 Å². The van der Waals surface area contributed by atoms with Crippen LogP contribution in [0.25, 0.3) is 0 Å². The van der Waals surface area contributed by atoms with Crippen LogP contribution in [0.15, 0.2) is 0 Å². The molecule has 2 saturated carbocycles. The van der Waals surface area contributed by atoms with Crippen molar-refractivity contribution in [3.63, 3.8) is 0 Å². The molecule has 0 radical (unpaired) electrons. The predicted molar refractivity (Wildman–Crippen MR) is 111 cm³/mol. The Morgan fingerprint density at radius 1 is 1.07 bits per heavy atom. The Morgan fingerprint density at radius 3 is 2.78 bits per heavy atom. The highest BCUT2D eigenvalue weighted by molar-refractivity contribution is 8.00. The molecule has 7 heteroatoms. The van der Waals surface area contributed by atoms with Crippen LogP contribution in [0.2, 0.25) is 0 Å². The molecule has 4 fully saturated rings. The lowest BCUT2D eigenvalue weighted by Crippen LogP contribution is -2.61. The van der Waals surface area contributed by atoms with Gasteiger partial charge in [-0.25, -0.2) is 5.43 Å². The van der Waals surface area contributed by atoms with Crippen molar-refractivity contribution in [1.29, 1.82) is 0 Å². The van der Waals surface area contributed by atoms with Crippen LogP contribution in [0.5, 0.6) is 0 Å². The van der Waals surface area contributed by atoms with Gasteiger partial charge in [0.05, 0.1) is 12.0 Å². The third-order valence-corrected chi connectivity index (χ3v) is 8.46. The maximum atomic E-state index is 12.9. The Balaban J connectivity index is 1.36. The second-order valence-electron chi connectivity index (χ2n) is 9.15. The van der Waals surface area contributed by atoms with E-state index >= 15 is 0 Å². The van der Waals surface area contributed by atoms with Gasteiger partial charge in [0.25, 0.3) is 0 Å². The van der Waals surface area contributed by atoms with Crippen LogP contribution in [0, 0.1) is 11.8 Å². The number of nitrogens with zero attached hydrogens (tertiary/aromatic N) is 1. The molecular weight excluding hydrogens is 358 g/mol. The second kappa shape index (κ2) is 8.99. The predicted octanol–water partition coefficient (Wildman–Crippen LogP) is 2.33. The molecule has 0 aromatic carbocycles. The van der Waals surface area contributed by atoms with E-state index in [-0.39, 0.29) is 12.2 Å². The number of carbonyl (C=O) groups excluding carboxylic acids is 1. The number of hydrazine groups is 1. The molecule has 154 valence electrons. The lowest BCUT2D eigenvalue weighted by Gasteiger charge is -2.43. The molecule has 2 heterocycles. The summed E-state index contributed by atoms with van der Waals surface area (Å²) in [6.45, 7) is 5.39. The van der Waals surface area contributed by atoms with Gasteiger partial charge >= 0.3 is 0 Å². The summed E-state index contributed by atoms with van der Waals surface area (Å²) in [4.78, 5) is 12.9. The zero-order valence-electron chi connectivity index (χ0n) is 16.9. The highest BCUT2D eigenvalue weighted by atomic mass is 32.2. The van der Waals surface area contributed by atoms with Crippen LogP contribution in [-0.2, 0) is 4.79 Å². The number of thioether (sulfide) groups is 1. The monoisotopic (exact) mass is 395 g/mol. The topological polar surface area (TPSA) is 68.4 Å². The number of nitrogens with one attached hydrogen (secondary N) is 4. The minimum atomic E-state index is 0.228. The number of carbonyl (C=O) groups is 1. The molecule has 2 aliphatic heterocycles. The summed E-state index contributed by atoms with van der Waals surface area (Å²) in [5, 5.41) is 13.9. The van der Waals surface area contributed by atoms with E-state index in [1.54, 1.807) is 0 Å². The van der Waals surface area contributed by atoms with Crippen molar-refractivity contribution in [3.05, 3.63) is 0 Å². The van der Waals surface area contributed by atoms with Gasteiger partial charge in [-0.3, -0.25) is 15.4 Å². The minimum absolute atomic E-state index is 0.228. The first-order valence-corrected chi connectivity index (χ1v) is 12.0. The fourth-order valence-corrected chi connectivity index (χ4v) is 7.13.